The van der Waals surface area contributed by atoms with Gasteiger partial charge in [0.2, 0.25) is 5.95 Å². The van der Waals surface area contributed by atoms with Crippen LogP contribution >= 0.6 is 0 Å². The summed E-state index contributed by atoms with van der Waals surface area (Å²) in [5, 5.41) is 12.3. The first-order valence-electron chi connectivity index (χ1n) is 10.3. The summed E-state index contributed by atoms with van der Waals surface area (Å²) in [5.74, 6) is 1.29. The first-order chi connectivity index (χ1) is 14.8. The van der Waals surface area contributed by atoms with Crippen LogP contribution in [0.15, 0.2) is 60.8 Å². The molecule has 30 heavy (non-hydrogen) atoms. The highest BCUT2D eigenvalue weighted by Crippen LogP contribution is 2.27. The lowest BCUT2D eigenvalue weighted by atomic mass is 10.2. The Morgan fingerprint density at radius 2 is 2.00 bits per heavy atom. The molecule has 1 aliphatic rings. The first-order valence-corrected chi connectivity index (χ1v) is 10.3. The van der Waals surface area contributed by atoms with Gasteiger partial charge in [-0.3, -0.25) is 0 Å². The number of rotatable bonds is 6. The van der Waals surface area contributed by atoms with Crippen molar-refractivity contribution in [3.05, 3.63) is 66.4 Å². The minimum Gasteiger partial charge on any atom is -0.376 e. The predicted molar refractivity (Wildman–Crippen MR) is 119 cm³/mol. The van der Waals surface area contributed by atoms with Crippen LogP contribution in [0, 0.1) is 6.92 Å². The maximum atomic E-state index is 5.73. The van der Waals surface area contributed by atoms with Gasteiger partial charge in [0.05, 0.1) is 23.4 Å². The van der Waals surface area contributed by atoms with Crippen molar-refractivity contribution in [3.63, 3.8) is 0 Å². The number of fused-ring (bicyclic) bond motifs is 1. The molecule has 152 valence electrons. The van der Waals surface area contributed by atoms with Gasteiger partial charge in [-0.15, -0.1) is 0 Å². The van der Waals surface area contributed by atoms with Crippen LogP contribution in [0.5, 0.6) is 0 Å². The summed E-state index contributed by atoms with van der Waals surface area (Å²) < 4.78 is 7.57. The summed E-state index contributed by atoms with van der Waals surface area (Å²) in [4.78, 5) is 9.53. The van der Waals surface area contributed by atoms with Crippen molar-refractivity contribution in [1.82, 2.24) is 19.7 Å². The Labute approximate surface area is 175 Å². The molecule has 2 aromatic heterocycles. The highest BCUT2D eigenvalue weighted by molar-refractivity contribution is 5.90. The fraction of sp³-hybridized carbons (Fsp3) is 0.261. The number of aryl methyl sites for hydroxylation is 1. The lowest BCUT2D eigenvalue weighted by molar-refractivity contribution is 0.120. The third kappa shape index (κ3) is 3.84. The van der Waals surface area contributed by atoms with Crippen LogP contribution < -0.4 is 10.6 Å². The van der Waals surface area contributed by atoms with E-state index < -0.39 is 0 Å². The zero-order chi connectivity index (χ0) is 20.3. The monoisotopic (exact) mass is 400 g/mol. The number of para-hydroxylation sites is 1. The summed E-state index contributed by atoms with van der Waals surface area (Å²) in [6, 6.07) is 18.2. The third-order valence-electron chi connectivity index (χ3n) is 5.22. The molecule has 1 fully saturated rings. The number of anilines is 3. The predicted octanol–water partition coefficient (Wildman–Crippen LogP) is 4.46. The van der Waals surface area contributed by atoms with Crippen molar-refractivity contribution in [1.29, 1.82) is 0 Å². The quantitative estimate of drug-likeness (QED) is 0.498. The largest absolute Gasteiger partial charge is 0.376 e. The molecule has 0 aliphatic carbocycles. The van der Waals surface area contributed by atoms with Gasteiger partial charge < -0.3 is 15.4 Å². The van der Waals surface area contributed by atoms with Crippen molar-refractivity contribution in [2.45, 2.75) is 25.9 Å². The minimum absolute atomic E-state index is 0.205. The van der Waals surface area contributed by atoms with Crippen LogP contribution in [0.1, 0.15) is 18.4 Å². The Morgan fingerprint density at radius 1 is 1.10 bits per heavy atom. The molecular formula is C23H24N6O. The second-order valence-electron chi connectivity index (χ2n) is 7.54. The Bertz CT molecular complexity index is 1150. The van der Waals surface area contributed by atoms with Gasteiger partial charge in [0, 0.05) is 18.8 Å². The van der Waals surface area contributed by atoms with Gasteiger partial charge in [-0.25, -0.2) is 4.68 Å². The number of nitrogens with zero attached hydrogens (tertiary/aromatic N) is 4. The summed E-state index contributed by atoms with van der Waals surface area (Å²) in [7, 11) is 0. The first kappa shape index (κ1) is 18.6. The maximum Gasteiger partial charge on any atom is 0.226 e. The Balaban J connectivity index is 1.55. The van der Waals surface area contributed by atoms with Crippen LogP contribution in [0.3, 0.4) is 0 Å². The van der Waals surface area contributed by atoms with Crippen LogP contribution in [0.2, 0.25) is 0 Å². The molecule has 7 heteroatoms. The molecular weight excluding hydrogens is 376 g/mol. The van der Waals surface area contributed by atoms with E-state index in [1.807, 2.05) is 53.3 Å². The molecule has 0 unspecified atom stereocenters. The molecule has 2 aromatic carbocycles. The van der Waals surface area contributed by atoms with Crippen LogP contribution in [-0.4, -0.2) is 39.0 Å². The van der Waals surface area contributed by atoms with Crippen molar-refractivity contribution in [2.75, 3.05) is 23.8 Å². The molecule has 1 aliphatic heterocycles. The standard InChI is InChI=1S/C23H24N6O/c1-16-7-5-8-17(13-16)26-21-20-15-25-29(18-9-3-2-4-10-18)22(20)28-23(27-21)24-14-19-11-6-12-30-19/h2-5,7-10,13,15,19H,6,11-12,14H2,1H3,(H2,24,26,27,28)/t19-/m1/s1. The number of benzene rings is 2. The molecule has 0 bridgehead atoms. The lowest BCUT2D eigenvalue weighted by Gasteiger charge is -2.13. The summed E-state index contributed by atoms with van der Waals surface area (Å²) in [5.41, 5.74) is 3.87. The SMILES string of the molecule is Cc1cccc(Nc2nc(NC[C@H]3CCCO3)nc3c2cnn3-c2ccccc2)c1. The van der Waals surface area contributed by atoms with Gasteiger partial charge in [-0.05, 0) is 49.6 Å². The van der Waals surface area contributed by atoms with Gasteiger partial charge in [-0.1, -0.05) is 30.3 Å². The van der Waals surface area contributed by atoms with Gasteiger partial charge in [0.15, 0.2) is 5.65 Å². The average Bonchev–Trinajstić information content (AvgIpc) is 3.43. The number of nitrogens with one attached hydrogen (secondary N) is 2. The van der Waals surface area contributed by atoms with Crippen molar-refractivity contribution < 1.29 is 4.74 Å². The second-order valence-corrected chi connectivity index (χ2v) is 7.54. The molecule has 1 atom stereocenters. The number of hydrogen-bond donors (Lipinski definition) is 2. The van der Waals surface area contributed by atoms with E-state index in [4.69, 9.17) is 14.7 Å². The van der Waals surface area contributed by atoms with Gasteiger partial charge in [0.25, 0.3) is 0 Å². The average molecular weight is 400 g/mol. The smallest absolute Gasteiger partial charge is 0.226 e. The lowest BCUT2D eigenvalue weighted by Crippen LogP contribution is -2.20. The summed E-state index contributed by atoms with van der Waals surface area (Å²) >= 11 is 0. The van der Waals surface area contributed by atoms with Crippen LogP contribution in [0.25, 0.3) is 16.7 Å². The van der Waals surface area contributed by atoms with E-state index in [9.17, 15) is 0 Å². The maximum absolute atomic E-state index is 5.73. The van der Waals surface area contributed by atoms with Crippen molar-refractivity contribution in [2.24, 2.45) is 0 Å². The number of aromatic nitrogens is 4. The van der Waals surface area contributed by atoms with Crippen molar-refractivity contribution >= 4 is 28.5 Å². The molecule has 1 saturated heterocycles. The third-order valence-corrected chi connectivity index (χ3v) is 5.22. The fourth-order valence-electron chi connectivity index (χ4n) is 3.71. The highest BCUT2D eigenvalue weighted by atomic mass is 16.5. The van der Waals surface area contributed by atoms with E-state index in [0.29, 0.717) is 12.5 Å². The van der Waals surface area contributed by atoms with Crippen LogP contribution in [-0.2, 0) is 4.74 Å². The highest BCUT2D eigenvalue weighted by Gasteiger charge is 2.18. The number of ether oxygens (including phenoxy) is 1. The van der Waals surface area contributed by atoms with E-state index in [1.165, 1.54) is 5.56 Å². The van der Waals surface area contributed by atoms with Gasteiger partial charge >= 0.3 is 0 Å². The van der Waals surface area contributed by atoms with E-state index in [1.54, 1.807) is 0 Å². The Morgan fingerprint density at radius 3 is 2.80 bits per heavy atom. The molecule has 4 aromatic rings. The molecule has 0 amide bonds. The molecule has 7 nitrogen and oxygen atoms in total. The Kier molecular flexibility index (Phi) is 5.03. The van der Waals surface area contributed by atoms with E-state index >= 15 is 0 Å². The topological polar surface area (TPSA) is 76.9 Å². The Hall–Kier alpha value is -3.45. The summed E-state index contributed by atoms with van der Waals surface area (Å²) in [6.45, 7) is 3.59. The molecule has 0 saturated carbocycles. The van der Waals surface area contributed by atoms with E-state index in [0.717, 1.165) is 47.7 Å². The molecule has 5 rings (SSSR count). The van der Waals surface area contributed by atoms with Crippen molar-refractivity contribution in [3.8, 4) is 5.69 Å². The van der Waals surface area contributed by atoms with Gasteiger partial charge in [-0.2, -0.15) is 15.1 Å². The van der Waals surface area contributed by atoms with E-state index in [2.05, 4.69) is 34.8 Å². The summed E-state index contributed by atoms with van der Waals surface area (Å²) in [6.07, 6.45) is 4.18. The second kappa shape index (κ2) is 8.12. The molecule has 3 heterocycles. The van der Waals surface area contributed by atoms with Crippen LogP contribution in [0.4, 0.5) is 17.5 Å². The normalized spacial score (nSPS) is 16.1. The zero-order valence-corrected chi connectivity index (χ0v) is 16.9. The number of hydrogen-bond acceptors (Lipinski definition) is 6. The fourth-order valence-corrected chi connectivity index (χ4v) is 3.71. The van der Waals surface area contributed by atoms with E-state index in [-0.39, 0.29) is 6.10 Å². The molecule has 0 radical (unpaired) electrons. The molecule has 2 N–H and O–H groups in total. The zero-order valence-electron chi connectivity index (χ0n) is 16.9. The molecule has 0 spiro atoms. The van der Waals surface area contributed by atoms with Gasteiger partial charge in [0.1, 0.15) is 5.82 Å². The minimum atomic E-state index is 0.205.